The third-order valence-corrected chi connectivity index (χ3v) is 2.76. The second-order valence-corrected chi connectivity index (χ2v) is 4.36. The Morgan fingerprint density at radius 2 is 2.06 bits per heavy atom. The van der Waals surface area contributed by atoms with Crippen molar-refractivity contribution in [1.29, 1.82) is 0 Å². The van der Waals surface area contributed by atoms with Crippen LogP contribution in [-0.2, 0) is 16.0 Å². The molecule has 100 valence electrons. The van der Waals surface area contributed by atoms with E-state index in [-0.39, 0.29) is 12.2 Å². The van der Waals surface area contributed by atoms with Gasteiger partial charge in [0.2, 0.25) is 0 Å². The molecule has 2 N–H and O–H groups in total. The third-order valence-electron chi connectivity index (χ3n) is 2.76. The molecular formula is C13H18FNO3. The molecule has 0 saturated heterocycles. The van der Waals surface area contributed by atoms with Crippen LogP contribution < -0.4 is 5.32 Å². The van der Waals surface area contributed by atoms with Crippen molar-refractivity contribution < 1.29 is 19.0 Å². The van der Waals surface area contributed by atoms with Crippen LogP contribution in [0.25, 0.3) is 0 Å². The molecule has 5 heteroatoms. The minimum atomic E-state index is -1.09. The fourth-order valence-corrected chi connectivity index (χ4v) is 1.65. The van der Waals surface area contributed by atoms with Gasteiger partial charge >= 0.3 is 5.97 Å². The lowest BCUT2D eigenvalue weighted by atomic mass is 9.93. The van der Waals surface area contributed by atoms with Crippen molar-refractivity contribution in [2.75, 3.05) is 20.3 Å². The molecule has 1 rings (SSSR count). The van der Waals surface area contributed by atoms with Gasteiger partial charge in [-0.2, -0.15) is 0 Å². The second-order valence-electron chi connectivity index (χ2n) is 4.36. The average Bonchev–Trinajstić information content (AvgIpc) is 2.32. The molecule has 1 aromatic carbocycles. The molecule has 0 aliphatic heterocycles. The summed E-state index contributed by atoms with van der Waals surface area (Å²) in [5.74, 6) is -1.27. The van der Waals surface area contributed by atoms with Gasteiger partial charge in [0.15, 0.2) is 0 Å². The molecule has 0 saturated carbocycles. The maximum absolute atomic E-state index is 12.8. The molecule has 0 aliphatic carbocycles. The molecule has 0 fully saturated rings. The molecule has 0 aromatic heterocycles. The number of methoxy groups -OCH3 is 1. The predicted molar refractivity (Wildman–Crippen MR) is 66.0 cm³/mol. The highest BCUT2D eigenvalue weighted by molar-refractivity contribution is 5.78. The second kappa shape index (κ2) is 6.47. The highest BCUT2D eigenvalue weighted by Crippen LogP contribution is 2.14. The van der Waals surface area contributed by atoms with Crippen molar-refractivity contribution in [3.05, 3.63) is 35.6 Å². The number of carboxylic acids is 1. The van der Waals surface area contributed by atoms with Crippen LogP contribution in [0.3, 0.4) is 0 Å². The maximum atomic E-state index is 12.8. The molecule has 0 aliphatic rings. The van der Waals surface area contributed by atoms with Crippen molar-refractivity contribution in [3.63, 3.8) is 0 Å². The fourth-order valence-electron chi connectivity index (χ4n) is 1.65. The first-order chi connectivity index (χ1) is 8.48. The molecule has 0 spiro atoms. The molecule has 4 nitrogen and oxygen atoms in total. The Kier molecular flexibility index (Phi) is 5.25. The van der Waals surface area contributed by atoms with Gasteiger partial charge in [-0.15, -0.1) is 0 Å². The summed E-state index contributed by atoms with van der Waals surface area (Å²) in [5.41, 5.74) is -0.317. The van der Waals surface area contributed by atoms with E-state index in [4.69, 9.17) is 4.74 Å². The maximum Gasteiger partial charge on any atom is 0.323 e. The van der Waals surface area contributed by atoms with E-state index >= 15 is 0 Å². The largest absolute Gasteiger partial charge is 0.480 e. The number of nitrogens with one attached hydrogen (secondary N) is 1. The Morgan fingerprint density at radius 1 is 1.44 bits per heavy atom. The molecule has 0 bridgehead atoms. The third kappa shape index (κ3) is 4.09. The summed E-state index contributed by atoms with van der Waals surface area (Å²) >= 11 is 0. The van der Waals surface area contributed by atoms with Crippen LogP contribution in [0, 0.1) is 5.82 Å². The fraction of sp³-hybridized carbons (Fsp3) is 0.462. The Morgan fingerprint density at radius 3 is 2.56 bits per heavy atom. The van der Waals surface area contributed by atoms with E-state index in [1.807, 2.05) is 0 Å². The zero-order chi connectivity index (χ0) is 13.6. The van der Waals surface area contributed by atoms with Crippen LogP contribution in [0.2, 0.25) is 0 Å². The topological polar surface area (TPSA) is 58.6 Å². The van der Waals surface area contributed by atoms with Crippen LogP contribution >= 0.6 is 0 Å². The summed E-state index contributed by atoms with van der Waals surface area (Å²) in [6.07, 6.45) is 0.284. The lowest BCUT2D eigenvalue weighted by Crippen LogP contribution is -2.52. The highest BCUT2D eigenvalue weighted by Gasteiger charge is 2.32. The van der Waals surface area contributed by atoms with Crippen molar-refractivity contribution in [1.82, 2.24) is 5.32 Å². The van der Waals surface area contributed by atoms with Gasteiger partial charge in [0.25, 0.3) is 0 Å². The van der Waals surface area contributed by atoms with Gasteiger partial charge < -0.3 is 9.84 Å². The van der Waals surface area contributed by atoms with Crippen LogP contribution in [-0.4, -0.2) is 36.9 Å². The normalized spacial score (nSPS) is 14.2. The number of benzene rings is 1. The van der Waals surface area contributed by atoms with Crippen LogP contribution in [0.15, 0.2) is 24.3 Å². The summed E-state index contributed by atoms with van der Waals surface area (Å²) in [5, 5.41) is 12.2. The van der Waals surface area contributed by atoms with Gasteiger partial charge in [0, 0.05) is 20.1 Å². The summed E-state index contributed by atoms with van der Waals surface area (Å²) in [6.45, 7) is 2.49. The van der Waals surface area contributed by atoms with Gasteiger partial charge in [0.1, 0.15) is 11.4 Å². The predicted octanol–water partition coefficient (Wildman–Crippen LogP) is 1.45. The van der Waals surface area contributed by atoms with Gasteiger partial charge in [-0.05, 0) is 24.6 Å². The Balaban J connectivity index is 2.72. The van der Waals surface area contributed by atoms with Crippen molar-refractivity contribution in [2.24, 2.45) is 0 Å². The summed E-state index contributed by atoms with van der Waals surface area (Å²) in [7, 11) is 1.56. The lowest BCUT2D eigenvalue weighted by Gasteiger charge is -2.26. The molecule has 18 heavy (non-hydrogen) atoms. The lowest BCUT2D eigenvalue weighted by molar-refractivity contribution is -0.144. The highest BCUT2D eigenvalue weighted by atomic mass is 19.1. The first-order valence-corrected chi connectivity index (χ1v) is 5.70. The first-order valence-electron chi connectivity index (χ1n) is 5.70. The Hall–Kier alpha value is -1.46. The number of rotatable bonds is 7. The molecule has 0 heterocycles. The van der Waals surface area contributed by atoms with E-state index < -0.39 is 11.5 Å². The van der Waals surface area contributed by atoms with Crippen molar-refractivity contribution >= 4 is 5.97 Å². The molecular weight excluding hydrogens is 237 g/mol. The van der Waals surface area contributed by atoms with Crippen molar-refractivity contribution in [2.45, 2.75) is 18.9 Å². The van der Waals surface area contributed by atoms with E-state index in [2.05, 4.69) is 5.32 Å². The average molecular weight is 255 g/mol. The number of carbonyl (C=O) groups is 1. The number of halogens is 1. The quantitative estimate of drug-likeness (QED) is 0.724. The smallest absolute Gasteiger partial charge is 0.323 e. The summed E-state index contributed by atoms with van der Waals surface area (Å²) in [4.78, 5) is 11.3. The number of ether oxygens (including phenoxy) is 1. The van der Waals surface area contributed by atoms with Gasteiger partial charge in [-0.25, -0.2) is 4.39 Å². The zero-order valence-electron chi connectivity index (χ0n) is 10.6. The molecule has 0 amide bonds. The van der Waals surface area contributed by atoms with E-state index in [0.717, 1.165) is 5.56 Å². The SMILES string of the molecule is COCCNC(C)(Cc1ccc(F)cc1)C(=O)O. The number of hydrogen-bond donors (Lipinski definition) is 2. The molecule has 1 unspecified atom stereocenters. The minimum absolute atomic E-state index is 0.284. The van der Waals surface area contributed by atoms with E-state index in [1.165, 1.54) is 12.1 Å². The zero-order valence-corrected chi connectivity index (χ0v) is 10.6. The van der Waals surface area contributed by atoms with Crippen LogP contribution in [0.1, 0.15) is 12.5 Å². The van der Waals surface area contributed by atoms with Gasteiger partial charge in [-0.1, -0.05) is 12.1 Å². The Labute approximate surface area is 106 Å². The summed E-state index contributed by atoms with van der Waals surface area (Å²) in [6, 6.07) is 5.84. The molecule has 1 aromatic rings. The number of carboxylic acid groups (broad SMARTS) is 1. The van der Waals surface area contributed by atoms with Crippen LogP contribution in [0.5, 0.6) is 0 Å². The number of aliphatic carboxylic acids is 1. The van der Waals surface area contributed by atoms with E-state index in [1.54, 1.807) is 26.2 Å². The Bertz CT molecular complexity index is 394. The number of hydrogen-bond acceptors (Lipinski definition) is 3. The molecule has 1 atom stereocenters. The first kappa shape index (κ1) is 14.6. The van der Waals surface area contributed by atoms with Crippen LogP contribution in [0.4, 0.5) is 4.39 Å². The minimum Gasteiger partial charge on any atom is -0.480 e. The van der Waals surface area contributed by atoms with E-state index in [9.17, 15) is 14.3 Å². The monoisotopic (exact) mass is 255 g/mol. The van der Waals surface area contributed by atoms with E-state index in [0.29, 0.717) is 13.2 Å². The standard InChI is InChI=1S/C13H18FNO3/c1-13(12(16)17,15-7-8-18-2)9-10-3-5-11(14)6-4-10/h3-6,15H,7-9H2,1-2H3,(H,16,17). The van der Waals surface area contributed by atoms with Gasteiger partial charge in [-0.3, -0.25) is 10.1 Å². The van der Waals surface area contributed by atoms with Crippen molar-refractivity contribution in [3.8, 4) is 0 Å². The molecule has 0 radical (unpaired) electrons. The summed E-state index contributed by atoms with van der Waals surface area (Å²) < 4.78 is 17.7. The van der Waals surface area contributed by atoms with Gasteiger partial charge in [0.05, 0.1) is 6.61 Å².